The maximum atomic E-state index is 12.6. The largest absolute Gasteiger partial charge is 0.416 e. The Labute approximate surface area is 203 Å². The number of halogens is 4. The lowest BCUT2D eigenvalue weighted by Crippen LogP contribution is -2.37. The van der Waals surface area contributed by atoms with Gasteiger partial charge in [-0.15, -0.1) is 24.0 Å². The molecule has 0 aliphatic heterocycles. The third-order valence-corrected chi connectivity index (χ3v) is 4.34. The number of aliphatic imine (C=N–C) groups is 1. The predicted octanol–water partition coefficient (Wildman–Crippen LogP) is 3.73. The van der Waals surface area contributed by atoms with Crippen molar-refractivity contribution in [2.24, 2.45) is 4.99 Å². The highest BCUT2D eigenvalue weighted by Crippen LogP contribution is 2.29. The smallest absolute Gasteiger partial charge is 0.356 e. The normalized spacial score (nSPS) is 11.7. The third kappa shape index (κ3) is 9.86. The summed E-state index contributed by atoms with van der Waals surface area (Å²) in [4.78, 5) is 17.8. The topological polar surface area (TPSA) is 68.8 Å². The molecule has 0 aromatic heterocycles. The van der Waals surface area contributed by atoms with Crippen LogP contribution < -0.4 is 16.0 Å². The first-order valence-corrected chi connectivity index (χ1v) is 9.81. The fourth-order valence-electron chi connectivity index (χ4n) is 2.84. The summed E-state index contributed by atoms with van der Waals surface area (Å²) < 4.78 is 37.9. The van der Waals surface area contributed by atoms with Gasteiger partial charge in [-0.3, -0.25) is 9.79 Å². The minimum Gasteiger partial charge on any atom is -0.356 e. The molecule has 2 rings (SSSR count). The van der Waals surface area contributed by atoms with E-state index < -0.39 is 11.7 Å². The zero-order valence-corrected chi connectivity index (χ0v) is 20.6. The Bertz CT molecular complexity index is 886. The third-order valence-electron chi connectivity index (χ3n) is 4.34. The Hall–Kier alpha value is -2.34. The maximum absolute atomic E-state index is 12.6. The number of carbonyl (C=O) groups excluding carboxylic acids is 1. The van der Waals surface area contributed by atoms with Crippen molar-refractivity contribution in [1.82, 2.24) is 15.5 Å². The lowest BCUT2D eigenvalue weighted by Gasteiger charge is -2.14. The van der Waals surface area contributed by atoms with Gasteiger partial charge in [0.2, 0.25) is 5.91 Å². The number of anilines is 1. The monoisotopic (exact) mass is 563 g/mol. The van der Waals surface area contributed by atoms with E-state index in [1.165, 1.54) is 12.1 Å². The van der Waals surface area contributed by atoms with Crippen molar-refractivity contribution in [3.8, 4) is 0 Å². The molecule has 176 valence electrons. The number of hydrogen-bond donors (Lipinski definition) is 3. The Morgan fingerprint density at radius 2 is 1.72 bits per heavy atom. The summed E-state index contributed by atoms with van der Waals surface area (Å²) in [5.74, 6) is 0.491. The van der Waals surface area contributed by atoms with Gasteiger partial charge in [0.05, 0.1) is 12.1 Å². The van der Waals surface area contributed by atoms with E-state index in [2.05, 4.69) is 20.9 Å². The summed E-state index contributed by atoms with van der Waals surface area (Å²) in [6.45, 7) is 1.32. The van der Waals surface area contributed by atoms with Gasteiger partial charge in [0.25, 0.3) is 0 Å². The molecular weight excluding hydrogens is 534 g/mol. The molecular formula is C22H29F3IN5O. The van der Waals surface area contributed by atoms with E-state index >= 15 is 0 Å². The van der Waals surface area contributed by atoms with Crippen LogP contribution in [0.3, 0.4) is 0 Å². The molecule has 10 heteroatoms. The molecule has 3 N–H and O–H groups in total. The summed E-state index contributed by atoms with van der Waals surface area (Å²) in [6.07, 6.45) is -3.76. The number of amides is 1. The fraction of sp³-hybridized carbons (Fsp3) is 0.364. The molecule has 0 bridgehead atoms. The van der Waals surface area contributed by atoms with Gasteiger partial charge in [0.1, 0.15) is 0 Å². The number of rotatable bonds is 8. The first-order valence-electron chi connectivity index (χ1n) is 9.81. The van der Waals surface area contributed by atoms with Crippen LogP contribution in [0.25, 0.3) is 0 Å². The number of nitrogens with zero attached hydrogens (tertiary/aromatic N) is 2. The minimum atomic E-state index is -4.32. The zero-order valence-electron chi connectivity index (χ0n) is 18.3. The van der Waals surface area contributed by atoms with Crippen LogP contribution in [-0.2, 0) is 23.9 Å². The van der Waals surface area contributed by atoms with E-state index in [4.69, 9.17) is 0 Å². The van der Waals surface area contributed by atoms with Gasteiger partial charge in [-0.1, -0.05) is 24.3 Å². The average Bonchev–Trinajstić information content (AvgIpc) is 2.70. The Balaban J connectivity index is 0.00000512. The Morgan fingerprint density at radius 3 is 2.31 bits per heavy atom. The summed E-state index contributed by atoms with van der Waals surface area (Å²) >= 11 is 0. The van der Waals surface area contributed by atoms with E-state index in [9.17, 15) is 18.0 Å². The average molecular weight is 563 g/mol. The van der Waals surface area contributed by atoms with E-state index in [0.29, 0.717) is 32.0 Å². The lowest BCUT2D eigenvalue weighted by molar-refractivity contribution is -0.137. The molecule has 6 nitrogen and oxygen atoms in total. The van der Waals surface area contributed by atoms with Crippen LogP contribution >= 0.6 is 24.0 Å². The molecule has 0 fully saturated rings. The predicted molar refractivity (Wildman–Crippen MR) is 132 cm³/mol. The van der Waals surface area contributed by atoms with Crippen LogP contribution in [0.5, 0.6) is 0 Å². The molecule has 0 aliphatic carbocycles. The molecule has 0 saturated carbocycles. The van der Waals surface area contributed by atoms with E-state index in [1.807, 2.05) is 38.4 Å². The number of benzene rings is 2. The number of likely N-dealkylation sites (N-methyl/N-ethyl adjacent to an activating group) is 1. The highest BCUT2D eigenvalue weighted by atomic mass is 127. The van der Waals surface area contributed by atoms with E-state index in [-0.39, 0.29) is 29.9 Å². The second-order valence-electron chi connectivity index (χ2n) is 7.28. The first kappa shape index (κ1) is 27.7. The summed E-state index contributed by atoms with van der Waals surface area (Å²) in [5.41, 5.74) is 1.84. The molecule has 0 aliphatic rings. The minimum absolute atomic E-state index is 0. The Morgan fingerprint density at radius 1 is 1.03 bits per heavy atom. The van der Waals surface area contributed by atoms with Crippen molar-refractivity contribution in [3.63, 3.8) is 0 Å². The molecule has 0 spiro atoms. The lowest BCUT2D eigenvalue weighted by atomic mass is 10.1. The highest BCUT2D eigenvalue weighted by Gasteiger charge is 2.29. The number of carbonyl (C=O) groups is 1. The van der Waals surface area contributed by atoms with Crippen molar-refractivity contribution < 1.29 is 18.0 Å². The van der Waals surface area contributed by atoms with Gasteiger partial charge in [0.15, 0.2) is 5.96 Å². The second kappa shape index (κ2) is 13.3. The standard InChI is InChI=1S/C22H28F3N5O.HI/c1-26-21(27-12-11-16-7-9-18(10-8-16)22(23,24)25)28-14-17-5-4-6-19(13-17)29-20(31)15-30(2)3;/h4-10,13H,11-12,14-15H2,1-3H3,(H,29,31)(H2,26,27,28);1H. The Kier molecular flexibility index (Phi) is 11.5. The van der Waals surface area contributed by atoms with Gasteiger partial charge in [-0.2, -0.15) is 13.2 Å². The van der Waals surface area contributed by atoms with E-state index in [0.717, 1.165) is 28.9 Å². The van der Waals surface area contributed by atoms with Crippen LogP contribution in [0.2, 0.25) is 0 Å². The van der Waals surface area contributed by atoms with Gasteiger partial charge >= 0.3 is 6.18 Å². The van der Waals surface area contributed by atoms with Crippen LogP contribution in [0.1, 0.15) is 16.7 Å². The number of hydrogen-bond acceptors (Lipinski definition) is 3. The van der Waals surface area contributed by atoms with E-state index in [1.54, 1.807) is 11.9 Å². The van der Waals surface area contributed by atoms with Crippen molar-refractivity contribution in [3.05, 3.63) is 65.2 Å². The van der Waals surface area contributed by atoms with Gasteiger partial charge in [0, 0.05) is 25.8 Å². The van der Waals surface area contributed by atoms with Crippen LogP contribution in [0.4, 0.5) is 18.9 Å². The fourth-order valence-corrected chi connectivity index (χ4v) is 2.84. The van der Waals surface area contributed by atoms with Gasteiger partial charge < -0.3 is 20.9 Å². The van der Waals surface area contributed by atoms with Gasteiger partial charge in [-0.05, 0) is 55.9 Å². The molecule has 1 amide bonds. The summed E-state index contributed by atoms with van der Waals surface area (Å²) in [7, 11) is 5.30. The second-order valence-corrected chi connectivity index (χ2v) is 7.28. The molecule has 2 aromatic carbocycles. The number of alkyl halides is 3. The first-order chi connectivity index (χ1) is 14.7. The van der Waals surface area contributed by atoms with Gasteiger partial charge in [-0.25, -0.2) is 0 Å². The van der Waals surface area contributed by atoms with Crippen molar-refractivity contribution in [2.45, 2.75) is 19.1 Å². The van der Waals surface area contributed by atoms with Crippen LogP contribution in [0.15, 0.2) is 53.5 Å². The number of guanidine groups is 1. The maximum Gasteiger partial charge on any atom is 0.416 e. The molecule has 0 heterocycles. The summed E-state index contributed by atoms with van der Waals surface area (Å²) in [6, 6.07) is 12.7. The zero-order chi connectivity index (χ0) is 22.9. The number of nitrogens with one attached hydrogen (secondary N) is 3. The molecule has 32 heavy (non-hydrogen) atoms. The molecule has 0 atom stereocenters. The quantitative estimate of drug-likeness (QED) is 0.260. The van der Waals surface area contributed by atoms with Crippen molar-refractivity contribution >= 4 is 41.5 Å². The van der Waals surface area contributed by atoms with Crippen LogP contribution in [0, 0.1) is 0 Å². The van der Waals surface area contributed by atoms with Crippen molar-refractivity contribution in [2.75, 3.05) is 39.5 Å². The molecule has 2 aromatic rings. The highest BCUT2D eigenvalue weighted by molar-refractivity contribution is 14.0. The SMILES string of the molecule is CN=C(NCCc1ccc(C(F)(F)F)cc1)NCc1cccc(NC(=O)CN(C)C)c1.I. The van der Waals surface area contributed by atoms with Crippen LogP contribution in [-0.4, -0.2) is 51.0 Å². The molecule has 0 radical (unpaired) electrons. The summed E-state index contributed by atoms with van der Waals surface area (Å²) in [5, 5.41) is 9.18. The van der Waals surface area contributed by atoms with Crippen molar-refractivity contribution in [1.29, 1.82) is 0 Å². The molecule has 0 unspecified atom stereocenters. The molecule has 0 saturated heterocycles.